The Morgan fingerprint density at radius 1 is 0.794 bits per heavy atom. The minimum Gasteiger partial charge on any atom is -0.355 e. The quantitative estimate of drug-likeness (QED) is 0.589. The zero-order valence-corrected chi connectivity index (χ0v) is 18.7. The number of aromatic nitrogens is 2. The lowest BCUT2D eigenvalue weighted by Crippen LogP contribution is -2.37. The molecule has 1 saturated heterocycles. The van der Waals surface area contributed by atoms with Crippen LogP contribution < -0.4 is 10.2 Å². The molecule has 3 aromatic rings. The van der Waals surface area contributed by atoms with Gasteiger partial charge in [0.05, 0.1) is 16.8 Å². The topological polar surface area (TPSA) is 95.5 Å². The summed E-state index contributed by atoms with van der Waals surface area (Å²) >= 11 is 0. The average Bonchev–Trinajstić information content (AvgIpc) is 3.05. The Hall–Kier alpha value is -4.07. The van der Waals surface area contributed by atoms with Gasteiger partial charge in [0.1, 0.15) is 6.54 Å². The van der Waals surface area contributed by atoms with E-state index in [0.717, 1.165) is 35.1 Å². The zero-order chi connectivity index (χ0) is 23.5. The minimum absolute atomic E-state index is 0.327. The second-order valence-corrected chi connectivity index (χ2v) is 8.55. The van der Waals surface area contributed by atoms with Crippen molar-refractivity contribution >= 4 is 29.2 Å². The zero-order valence-electron chi connectivity index (χ0n) is 18.7. The Balaban J connectivity index is 1.20. The number of nitrogens with zero attached hydrogens (tertiary/aromatic N) is 4. The first kappa shape index (κ1) is 21.8. The fourth-order valence-electron chi connectivity index (χ4n) is 4.40. The van der Waals surface area contributed by atoms with Crippen LogP contribution in [0.4, 0.5) is 11.5 Å². The largest absolute Gasteiger partial charge is 0.355 e. The van der Waals surface area contributed by atoms with E-state index < -0.39 is 17.7 Å². The van der Waals surface area contributed by atoms with Gasteiger partial charge in [-0.25, -0.2) is 0 Å². The number of nitrogens with one attached hydrogen (secondary N) is 1. The first-order valence-electron chi connectivity index (χ1n) is 11.5. The molecule has 0 bridgehead atoms. The van der Waals surface area contributed by atoms with E-state index in [1.54, 1.807) is 36.4 Å². The summed E-state index contributed by atoms with van der Waals surface area (Å²) in [6.45, 7) is 1.70. The van der Waals surface area contributed by atoms with Crippen LogP contribution in [0.15, 0.2) is 60.7 Å². The summed E-state index contributed by atoms with van der Waals surface area (Å²) < 4.78 is 0. The maximum atomic E-state index is 12.5. The monoisotopic (exact) mass is 455 g/mol. The highest BCUT2D eigenvalue weighted by molar-refractivity contribution is 6.22. The molecular weight excluding hydrogens is 430 g/mol. The van der Waals surface area contributed by atoms with Crippen molar-refractivity contribution in [2.75, 3.05) is 29.9 Å². The van der Waals surface area contributed by atoms with Crippen molar-refractivity contribution in [2.24, 2.45) is 0 Å². The smallest absolute Gasteiger partial charge is 0.262 e. The molecule has 1 N–H and O–H groups in total. The number of hydrogen-bond donors (Lipinski definition) is 1. The summed E-state index contributed by atoms with van der Waals surface area (Å²) in [5, 5.41) is 11.6. The molecule has 2 aliphatic heterocycles. The molecule has 3 amide bonds. The van der Waals surface area contributed by atoms with Crippen LogP contribution in [0, 0.1) is 0 Å². The number of fused-ring (bicyclic) bond motifs is 1. The molecule has 172 valence electrons. The molecule has 34 heavy (non-hydrogen) atoms. The summed E-state index contributed by atoms with van der Waals surface area (Å²) in [7, 11) is 0. The Morgan fingerprint density at radius 2 is 1.44 bits per heavy atom. The van der Waals surface area contributed by atoms with Crippen molar-refractivity contribution in [2.45, 2.75) is 25.7 Å². The lowest BCUT2D eigenvalue weighted by Gasteiger charge is -2.20. The predicted octanol–water partition coefficient (Wildman–Crippen LogP) is 3.76. The number of hydrogen-bond acceptors (Lipinski definition) is 6. The Kier molecular flexibility index (Phi) is 6.03. The van der Waals surface area contributed by atoms with Gasteiger partial charge in [-0.3, -0.25) is 19.3 Å². The number of amides is 3. The van der Waals surface area contributed by atoms with E-state index in [9.17, 15) is 14.4 Å². The second-order valence-electron chi connectivity index (χ2n) is 8.55. The molecule has 2 aliphatic rings. The first-order valence-corrected chi connectivity index (χ1v) is 11.5. The SMILES string of the molecule is O=C(CN1C(=O)c2ccccc2C1=O)Nc1ccc(-c2ccc(N3CCCCCC3)nn2)cc1. The number of carbonyl (C=O) groups excluding carboxylic acids is 3. The summed E-state index contributed by atoms with van der Waals surface area (Å²) in [4.78, 5) is 40.6. The van der Waals surface area contributed by atoms with E-state index in [1.807, 2.05) is 24.3 Å². The molecule has 0 atom stereocenters. The number of rotatable bonds is 5. The molecule has 8 heteroatoms. The van der Waals surface area contributed by atoms with E-state index in [0.29, 0.717) is 16.8 Å². The normalized spacial score (nSPS) is 15.8. The van der Waals surface area contributed by atoms with Crippen LogP contribution in [0.3, 0.4) is 0 Å². The molecule has 0 saturated carbocycles. The molecule has 0 unspecified atom stereocenters. The Labute approximate surface area is 197 Å². The molecule has 1 aromatic heterocycles. The molecule has 1 fully saturated rings. The van der Waals surface area contributed by atoms with Crippen LogP contribution in [0.1, 0.15) is 46.4 Å². The summed E-state index contributed by atoms with van der Waals surface area (Å²) in [6, 6.07) is 17.8. The summed E-state index contributed by atoms with van der Waals surface area (Å²) in [6.07, 6.45) is 4.90. The Bertz CT molecular complexity index is 1180. The highest BCUT2D eigenvalue weighted by Gasteiger charge is 2.36. The fraction of sp³-hybridized carbons (Fsp3) is 0.269. The summed E-state index contributed by atoms with van der Waals surface area (Å²) in [5.74, 6) is -0.437. The van der Waals surface area contributed by atoms with Crippen LogP contribution in [0.2, 0.25) is 0 Å². The van der Waals surface area contributed by atoms with Crippen molar-refractivity contribution in [3.63, 3.8) is 0 Å². The van der Waals surface area contributed by atoms with Crippen molar-refractivity contribution in [3.8, 4) is 11.3 Å². The maximum absolute atomic E-state index is 12.5. The predicted molar refractivity (Wildman–Crippen MR) is 129 cm³/mol. The van der Waals surface area contributed by atoms with Crippen LogP contribution in [-0.4, -0.2) is 52.5 Å². The lowest BCUT2D eigenvalue weighted by molar-refractivity contribution is -0.116. The van der Waals surface area contributed by atoms with Gasteiger partial charge in [0.25, 0.3) is 11.8 Å². The van der Waals surface area contributed by atoms with Crippen molar-refractivity contribution < 1.29 is 14.4 Å². The van der Waals surface area contributed by atoms with E-state index >= 15 is 0 Å². The fourth-order valence-corrected chi connectivity index (χ4v) is 4.40. The standard InChI is InChI=1S/C26H25N5O3/c32-24(17-31-25(33)20-7-3-4-8-21(20)26(31)34)27-19-11-9-18(10-12-19)22-13-14-23(29-28-22)30-15-5-1-2-6-16-30/h3-4,7-14H,1-2,5-6,15-17H2,(H,27,32). The Morgan fingerprint density at radius 3 is 2.03 bits per heavy atom. The van der Waals surface area contributed by atoms with Crippen LogP contribution >= 0.6 is 0 Å². The van der Waals surface area contributed by atoms with Gasteiger partial charge in [-0.1, -0.05) is 37.1 Å². The van der Waals surface area contributed by atoms with Crippen molar-refractivity contribution in [1.82, 2.24) is 15.1 Å². The first-order chi connectivity index (χ1) is 16.6. The third-order valence-electron chi connectivity index (χ3n) is 6.22. The number of imide groups is 1. The van der Waals surface area contributed by atoms with Crippen molar-refractivity contribution in [3.05, 3.63) is 71.8 Å². The molecular formula is C26H25N5O3. The number of anilines is 2. The molecule has 8 nitrogen and oxygen atoms in total. The van der Waals surface area contributed by atoms with Gasteiger partial charge in [-0.05, 0) is 49.2 Å². The van der Waals surface area contributed by atoms with E-state index in [4.69, 9.17) is 0 Å². The number of benzene rings is 2. The van der Waals surface area contributed by atoms with Gasteiger partial charge in [-0.2, -0.15) is 0 Å². The molecule has 2 aromatic carbocycles. The van der Waals surface area contributed by atoms with Gasteiger partial charge >= 0.3 is 0 Å². The van der Waals surface area contributed by atoms with Gasteiger partial charge in [-0.15, -0.1) is 10.2 Å². The van der Waals surface area contributed by atoms with E-state index in [1.165, 1.54) is 25.7 Å². The third kappa shape index (κ3) is 4.39. The van der Waals surface area contributed by atoms with Crippen LogP contribution in [0.5, 0.6) is 0 Å². The molecule has 0 spiro atoms. The van der Waals surface area contributed by atoms with E-state index in [-0.39, 0.29) is 6.54 Å². The van der Waals surface area contributed by atoms with Crippen LogP contribution in [-0.2, 0) is 4.79 Å². The minimum atomic E-state index is -0.451. The third-order valence-corrected chi connectivity index (χ3v) is 6.22. The highest BCUT2D eigenvalue weighted by Crippen LogP contribution is 2.24. The number of carbonyl (C=O) groups is 3. The maximum Gasteiger partial charge on any atom is 0.262 e. The van der Waals surface area contributed by atoms with Gasteiger partial charge in [0, 0.05) is 24.3 Å². The van der Waals surface area contributed by atoms with E-state index in [2.05, 4.69) is 20.4 Å². The molecule has 0 radical (unpaired) electrons. The summed E-state index contributed by atoms with van der Waals surface area (Å²) in [5.41, 5.74) is 2.86. The van der Waals surface area contributed by atoms with Gasteiger partial charge < -0.3 is 10.2 Å². The average molecular weight is 456 g/mol. The van der Waals surface area contributed by atoms with Crippen LogP contribution in [0.25, 0.3) is 11.3 Å². The second kappa shape index (κ2) is 9.43. The van der Waals surface area contributed by atoms with Gasteiger partial charge in [0.2, 0.25) is 5.91 Å². The molecule has 3 heterocycles. The van der Waals surface area contributed by atoms with Gasteiger partial charge in [0.15, 0.2) is 5.82 Å². The molecule has 0 aliphatic carbocycles. The lowest BCUT2D eigenvalue weighted by atomic mass is 10.1. The van der Waals surface area contributed by atoms with Crippen molar-refractivity contribution in [1.29, 1.82) is 0 Å². The highest BCUT2D eigenvalue weighted by atomic mass is 16.2. The molecule has 5 rings (SSSR count).